The number of hydrazone groups is 1. The molecule has 34 heavy (non-hydrogen) atoms. The number of methoxy groups -OCH3 is 2. The van der Waals surface area contributed by atoms with Crippen molar-refractivity contribution in [2.75, 3.05) is 19.5 Å². The number of anilines is 1. The molecule has 0 aliphatic rings. The van der Waals surface area contributed by atoms with Gasteiger partial charge in [-0.15, -0.1) is 0 Å². The highest BCUT2D eigenvalue weighted by molar-refractivity contribution is 6.04. The molecule has 8 heteroatoms. The first-order valence-corrected chi connectivity index (χ1v) is 10.6. The van der Waals surface area contributed by atoms with Crippen molar-refractivity contribution in [3.05, 3.63) is 83.4 Å². The number of amides is 2. The van der Waals surface area contributed by atoms with Crippen LogP contribution in [0.15, 0.2) is 71.8 Å². The molecule has 176 valence electrons. The molecule has 0 aliphatic heterocycles. The van der Waals surface area contributed by atoms with E-state index in [1.807, 2.05) is 31.2 Å². The van der Waals surface area contributed by atoms with Crippen LogP contribution in [0.1, 0.15) is 23.1 Å². The van der Waals surface area contributed by atoms with E-state index in [1.165, 1.54) is 18.9 Å². The Bertz CT molecular complexity index is 1160. The summed E-state index contributed by atoms with van der Waals surface area (Å²) < 4.78 is 16.5. The molecule has 0 saturated carbocycles. The molecule has 3 aromatic rings. The summed E-state index contributed by atoms with van der Waals surface area (Å²) >= 11 is 0. The highest BCUT2D eigenvalue weighted by Crippen LogP contribution is 2.28. The Balaban J connectivity index is 1.51. The van der Waals surface area contributed by atoms with E-state index in [4.69, 9.17) is 14.2 Å². The van der Waals surface area contributed by atoms with E-state index in [-0.39, 0.29) is 6.42 Å². The predicted molar refractivity (Wildman–Crippen MR) is 130 cm³/mol. The summed E-state index contributed by atoms with van der Waals surface area (Å²) in [5.41, 5.74) is 5.77. The van der Waals surface area contributed by atoms with Crippen molar-refractivity contribution in [1.82, 2.24) is 5.43 Å². The molecule has 0 spiro atoms. The number of nitrogens with one attached hydrogen (secondary N) is 2. The lowest BCUT2D eigenvalue weighted by Crippen LogP contribution is -2.24. The highest BCUT2D eigenvalue weighted by Gasteiger charge is 2.11. The fourth-order valence-corrected chi connectivity index (χ4v) is 3.04. The molecule has 0 fully saturated rings. The lowest BCUT2D eigenvalue weighted by molar-refractivity contribution is -0.126. The van der Waals surface area contributed by atoms with Gasteiger partial charge in [-0.1, -0.05) is 42.0 Å². The van der Waals surface area contributed by atoms with Crippen LogP contribution in [0.2, 0.25) is 0 Å². The Labute approximate surface area is 198 Å². The average molecular weight is 462 g/mol. The molecule has 2 amide bonds. The first-order valence-electron chi connectivity index (χ1n) is 10.6. The smallest absolute Gasteiger partial charge is 0.249 e. The molecule has 0 bridgehead atoms. The number of para-hydroxylation sites is 2. The van der Waals surface area contributed by atoms with Crippen LogP contribution in [0.3, 0.4) is 0 Å². The van der Waals surface area contributed by atoms with E-state index in [0.29, 0.717) is 35.1 Å². The van der Waals surface area contributed by atoms with Gasteiger partial charge in [-0.05, 0) is 48.4 Å². The Morgan fingerprint density at radius 3 is 2.35 bits per heavy atom. The number of aryl methyl sites for hydroxylation is 1. The number of carbonyl (C=O) groups is 2. The second-order valence-corrected chi connectivity index (χ2v) is 7.40. The van der Waals surface area contributed by atoms with E-state index in [0.717, 1.165) is 5.56 Å². The van der Waals surface area contributed by atoms with E-state index >= 15 is 0 Å². The van der Waals surface area contributed by atoms with Crippen LogP contribution in [0.25, 0.3) is 0 Å². The van der Waals surface area contributed by atoms with Gasteiger partial charge in [-0.25, -0.2) is 5.43 Å². The number of ether oxygens (including phenoxy) is 3. The predicted octanol–water partition coefficient (Wildman–Crippen LogP) is 4.07. The standard InChI is InChI=1S/C26H27N3O5/c1-18-8-10-19(11-9-18)17-34-23-13-12-20(14-24(23)33-3)16-27-29-26(31)15-25(30)28-21-6-4-5-7-22(21)32-2/h4-14,16H,15,17H2,1-3H3,(H,28,30)(H,29,31). The van der Waals surface area contributed by atoms with Gasteiger partial charge in [0.2, 0.25) is 11.8 Å². The number of hydrogen-bond donors (Lipinski definition) is 2. The summed E-state index contributed by atoms with van der Waals surface area (Å²) in [5.74, 6) is 0.618. The molecular weight excluding hydrogens is 434 g/mol. The van der Waals surface area contributed by atoms with Crippen molar-refractivity contribution < 1.29 is 23.8 Å². The molecule has 0 aromatic heterocycles. The van der Waals surface area contributed by atoms with Crippen LogP contribution < -0.4 is 25.0 Å². The summed E-state index contributed by atoms with van der Waals surface area (Å²) in [6.07, 6.45) is 1.08. The summed E-state index contributed by atoms with van der Waals surface area (Å²) in [7, 11) is 3.06. The molecule has 0 heterocycles. The molecule has 3 aromatic carbocycles. The summed E-state index contributed by atoms with van der Waals surface area (Å²) in [5, 5.41) is 6.56. The third-order valence-corrected chi connectivity index (χ3v) is 4.81. The highest BCUT2D eigenvalue weighted by atomic mass is 16.5. The van der Waals surface area contributed by atoms with E-state index in [1.54, 1.807) is 49.6 Å². The second-order valence-electron chi connectivity index (χ2n) is 7.40. The van der Waals surface area contributed by atoms with Crippen molar-refractivity contribution >= 4 is 23.7 Å². The van der Waals surface area contributed by atoms with Gasteiger partial charge < -0.3 is 19.5 Å². The second kappa shape index (κ2) is 12.1. The summed E-state index contributed by atoms with van der Waals surface area (Å²) in [6, 6.07) is 20.4. The van der Waals surface area contributed by atoms with Crippen LogP contribution in [0.4, 0.5) is 5.69 Å². The zero-order chi connectivity index (χ0) is 24.3. The van der Waals surface area contributed by atoms with Gasteiger partial charge in [-0.3, -0.25) is 9.59 Å². The normalized spacial score (nSPS) is 10.6. The lowest BCUT2D eigenvalue weighted by atomic mass is 10.2. The maximum Gasteiger partial charge on any atom is 0.249 e. The van der Waals surface area contributed by atoms with Crippen molar-refractivity contribution in [3.63, 3.8) is 0 Å². The molecule has 0 saturated heterocycles. The quantitative estimate of drug-likeness (QED) is 0.269. The van der Waals surface area contributed by atoms with Gasteiger partial charge in [0.05, 0.1) is 26.1 Å². The van der Waals surface area contributed by atoms with Gasteiger partial charge >= 0.3 is 0 Å². The Hall–Kier alpha value is -4.33. The monoisotopic (exact) mass is 461 g/mol. The lowest BCUT2D eigenvalue weighted by Gasteiger charge is -2.11. The minimum absolute atomic E-state index is 0.384. The van der Waals surface area contributed by atoms with E-state index in [2.05, 4.69) is 15.8 Å². The topological polar surface area (TPSA) is 98.2 Å². The van der Waals surface area contributed by atoms with Crippen molar-refractivity contribution in [2.45, 2.75) is 20.0 Å². The van der Waals surface area contributed by atoms with E-state index in [9.17, 15) is 9.59 Å². The SMILES string of the molecule is COc1ccccc1NC(=O)CC(=O)NN=Cc1ccc(OCc2ccc(C)cc2)c(OC)c1. The molecule has 0 radical (unpaired) electrons. The largest absolute Gasteiger partial charge is 0.495 e. The molecule has 2 N–H and O–H groups in total. The van der Waals surface area contributed by atoms with Crippen LogP contribution >= 0.6 is 0 Å². The summed E-state index contributed by atoms with van der Waals surface area (Å²) in [4.78, 5) is 24.2. The van der Waals surface area contributed by atoms with Crippen molar-refractivity contribution in [3.8, 4) is 17.2 Å². The molecule has 3 rings (SSSR count). The molecule has 0 atom stereocenters. The zero-order valence-electron chi connectivity index (χ0n) is 19.3. The summed E-state index contributed by atoms with van der Waals surface area (Å²) in [6.45, 7) is 2.45. The third-order valence-electron chi connectivity index (χ3n) is 4.81. The Morgan fingerprint density at radius 1 is 0.882 bits per heavy atom. The van der Waals surface area contributed by atoms with Crippen LogP contribution in [-0.2, 0) is 16.2 Å². The molecule has 0 aliphatic carbocycles. The van der Waals surface area contributed by atoms with Crippen LogP contribution in [0.5, 0.6) is 17.2 Å². The first kappa shape index (κ1) is 24.3. The number of nitrogens with zero attached hydrogens (tertiary/aromatic N) is 1. The maximum absolute atomic E-state index is 12.1. The van der Waals surface area contributed by atoms with Crippen molar-refractivity contribution in [1.29, 1.82) is 0 Å². The fraction of sp³-hybridized carbons (Fsp3) is 0.192. The minimum Gasteiger partial charge on any atom is -0.495 e. The van der Waals surface area contributed by atoms with Gasteiger partial charge in [0.1, 0.15) is 18.8 Å². The van der Waals surface area contributed by atoms with Crippen LogP contribution in [-0.4, -0.2) is 32.2 Å². The molecule has 0 unspecified atom stereocenters. The molecular formula is C26H27N3O5. The number of rotatable bonds is 10. The first-order chi connectivity index (χ1) is 16.5. The third kappa shape index (κ3) is 7.09. The van der Waals surface area contributed by atoms with Gasteiger partial charge in [0, 0.05) is 0 Å². The minimum atomic E-state index is -0.548. The number of hydrogen-bond acceptors (Lipinski definition) is 6. The molecule has 8 nitrogen and oxygen atoms in total. The average Bonchev–Trinajstić information content (AvgIpc) is 2.84. The number of benzene rings is 3. The van der Waals surface area contributed by atoms with Gasteiger partial charge in [-0.2, -0.15) is 5.10 Å². The Morgan fingerprint density at radius 2 is 1.62 bits per heavy atom. The van der Waals surface area contributed by atoms with Crippen molar-refractivity contribution in [2.24, 2.45) is 5.10 Å². The maximum atomic E-state index is 12.1. The van der Waals surface area contributed by atoms with E-state index < -0.39 is 11.8 Å². The Kier molecular flexibility index (Phi) is 8.62. The van der Waals surface area contributed by atoms with Crippen LogP contribution in [0, 0.1) is 6.92 Å². The number of carbonyl (C=O) groups excluding carboxylic acids is 2. The fourth-order valence-electron chi connectivity index (χ4n) is 3.04. The zero-order valence-corrected chi connectivity index (χ0v) is 19.3. The van der Waals surface area contributed by atoms with Gasteiger partial charge in [0.25, 0.3) is 0 Å². The van der Waals surface area contributed by atoms with Gasteiger partial charge in [0.15, 0.2) is 11.5 Å².